The normalized spacial score (nSPS) is 9.58. The van der Waals surface area contributed by atoms with Crippen molar-refractivity contribution in [1.29, 1.82) is 0 Å². The lowest BCUT2D eigenvalue weighted by molar-refractivity contribution is -0.109. The van der Waals surface area contributed by atoms with Crippen molar-refractivity contribution < 1.29 is 14.7 Å². The summed E-state index contributed by atoms with van der Waals surface area (Å²) in [5.41, 5.74) is 7.35. The van der Waals surface area contributed by atoms with E-state index in [-0.39, 0.29) is 16.4 Å². The van der Waals surface area contributed by atoms with Gasteiger partial charge in [0.05, 0.1) is 11.3 Å². The fourth-order valence-corrected chi connectivity index (χ4v) is 1.97. The van der Waals surface area contributed by atoms with Crippen molar-refractivity contribution in [3.8, 4) is 11.8 Å². The summed E-state index contributed by atoms with van der Waals surface area (Å²) in [5, 5.41) is 9.08. The highest BCUT2D eigenvalue weighted by atomic mass is 32.2. The van der Waals surface area contributed by atoms with Gasteiger partial charge in [-0.25, -0.2) is 4.79 Å². The minimum atomic E-state index is -1.06. The van der Waals surface area contributed by atoms with Crippen LogP contribution in [0.25, 0.3) is 0 Å². The summed E-state index contributed by atoms with van der Waals surface area (Å²) >= 11 is 1.22. The molecule has 0 fully saturated rings. The molecule has 1 aromatic carbocycles. The summed E-state index contributed by atoms with van der Waals surface area (Å²) < 4.78 is 0. The van der Waals surface area contributed by atoms with Crippen LogP contribution in [0, 0.1) is 18.8 Å². The molecule has 19 heavy (non-hydrogen) atoms. The number of carboxylic acids is 1. The molecule has 1 aromatic rings. The first-order chi connectivity index (χ1) is 8.91. The monoisotopic (exact) mass is 277 g/mol. The lowest BCUT2D eigenvalue weighted by atomic mass is 10.0. The third-order valence-corrected chi connectivity index (χ3v) is 3.12. The number of aryl methyl sites for hydroxylation is 1. The Morgan fingerprint density at radius 3 is 2.68 bits per heavy atom. The van der Waals surface area contributed by atoms with Crippen molar-refractivity contribution in [1.82, 2.24) is 0 Å². The van der Waals surface area contributed by atoms with Gasteiger partial charge >= 0.3 is 5.97 Å². The predicted octanol–water partition coefficient (Wildman–Crippen LogP) is 2.30. The van der Waals surface area contributed by atoms with Crippen LogP contribution in [-0.4, -0.2) is 21.9 Å². The second kappa shape index (κ2) is 6.86. The summed E-state index contributed by atoms with van der Waals surface area (Å²) in [6, 6.07) is 3.28. The maximum atomic E-state index is 11.0. The van der Waals surface area contributed by atoms with Crippen LogP contribution in [0.2, 0.25) is 0 Å². The number of hydrogen-bond acceptors (Lipinski definition) is 4. The molecule has 0 unspecified atom stereocenters. The SMILES string of the molecule is CC(=O)SCCC#Cc1cc(C)cc(C(=O)O)c1N. The lowest BCUT2D eigenvalue weighted by Crippen LogP contribution is -2.05. The fraction of sp³-hybridized carbons (Fsp3) is 0.286. The Kier molecular flexibility index (Phi) is 5.46. The minimum absolute atomic E-state index is 0.0602. The number of hydrogen-bond donors (Lipinski definition) is 2. The van der Waals surface area contributed by atoms with E-state index < -0.39 is 5.97 Å². The van der Waals surface area contributed by atoms with E-state index >= 15 is 0 Å². The standard InChI is InChI=1S/C14H15NO3S/c1-9-7-11(5-3-4-6-19-10(2)16)13(15)12(8-9)14(17)18/h7-8H,4,6,15H2,1-2H3,(H,17,18). The first-order valence-electron chi connectivity index (χ1n) is 5.67. The number of rotatable bonds is 3. The largest absolute Gasteiger partial charge is 0.478 e. The Morgan fingerprint density at radius 2 is 2.11 bits per heavy atom. The molecule has 100 valence electrons. The second-order valence-corrected chi connectivity index (χ2v) is 5.24. The number of nitrogen functional groups attached to an aromatic ring is 1. The first-order valence-corrected chi connectivity index (χ1v) is 6.66. The Bertz CT molecular complexity index is 570. The van der Waals surface area contributed by atoms with Crippen LogP contribution in [0.15, 0.2) is 12.1 Å². The summed E-state index contributed by atoms with van der Waals surface area (Å²) in [6.45, 7) is 3.30. The summed E-state index contributed by atoms with van der Waals surface area (Å²) in [6.07, 6.45) is 0.556. The number of nitrogens with two attached hydrogens (primary N) is 1. The third kappa shape index (κ3) is 4.68. The van der Waals surface area contributed by atoms with Gasteiger partial charge in [-0.1, -0.05) is 23.6 Å². The molecule has 0 aromatic heterocycles. The summed E-state index contributed by atoms with van der Waals surface area (Å²) in [7, 11) is 0. The molecule has 0 saturated heterocycles. The summed E-state index contributed by atoms with van der Waals surface area (Å²) in [5.74, 6) is 5.32. The van der Waals surface area contributed by atoms with Crippen LogP contribution >= 0.6 is 11.8 Å². The van der Waals surface area contributed by atoms with E-state index in [0.29, 0.717) is 17.7 Å². The van der Waals surface area contributed by atoms with E-state index in [2.05, 4.69) is 11.8 Å². The lowest BCUT2D eigenvalue weighted by Gasteiger charge is -2.05. The molecule has 0 amide bonds. The Labute approximate surface area is 116 Å². The zero-order valence-electron chi connectivity index (χ0n) is 10.8. The van der Waals surface area contributed by atoms with E-state index in [1.165, 1.54) is 24.8 Å². The van der Waals surface area contributed by atoms with Crippen molar-refractivity contribution in [3.63, 3.8) is 0 Å². The van der Waals surface area contributed by atoms with Gasteiger partial charge in [0.15, 0.2) is 5.12 Å². The van der Waals surface area contributed by atoms with E-state index in [9.17, 15) is 9.59 Å². The maximum absolute atomic E-state index is 11.0. The minimum Gasteiger partial charge on any atom is -0.478 e. The second-order valence-electron chi connectivity index (χ2n) is 3.97. The molecule has 0 aliphatic carbocycles. The van der Waals surface area contributed by atoms with Crippen molar-refractivity contribution in [2.75, 3.05) is 11.5 Å². The van der Waals surface area contributed by atoms with Crippen molar-refractivity contribution in [2.24, 2.45) is 0 Å². The smallest absolute Gasteiger partial charge is 0.337 e. The Morgan fingerprint density at radius 1 is 1.42 bits per heavy atom. The van der Waals surface area contributed by atoms with Crippen LogP contribution < -0.4 is 5.73 Å². The molecule has 0 spiro atoms. The van der Waals surface area contributed by atoms with Crippen molar-refractivity contribution in [2.45, 2.75) is 20.3 Å². The number of thioether (sulfide) groups is 1. The van der Waals surface area contributed by atoms with Crippen LogP contribution in [0.4, 0.5) is 5.69 Å². The first kappa shape index (κ1) is 15.1. The van der Waals surface area contributed by atoms with Gasteiger partial charge in [-0.2, -0.15) is 0 Å². The van der Waals surface area contributed by atoms with Gasteiger partial charge < -0.3 is 10.8 Å². The molecule has 5 heteroatoms. The van der Waals surface area contributed by atoms with Crippen LogP contribution in [0.1, 0.15) is 34.8 Å². The number of carboxylic acid groups (broad SMARTS) is 1. The number of benzene rings is 1. The van der Waals surface area contributed by atoms with Gasteiger partial charge in [-0.3, -0.25) is 4.79 Å². The van der Waals surface area contributed by atoms with Gasteiger partial charge in [0.1, 0.15) is 0 Å². The average molecular weight is 277 g/mol. The Balaban J connectivity index is 2.87. The highest BCUT2D eigenvalue weighted by Gasteiger charge is 2.11. The van der Waals surface area contributed by atoms with Gasteiger partial charge in [-0.15, -0.1) is 0 Å². The molecule has 0 radical (unpaired) electrons. The summed E-state index contributed by atoms with van der Waals surface area (Å²) in [4.78, 5) is 21.7. The zero-order chi connectivity index (χ0) is 14.4. The number of aromatic carboxylic acids is 1. The zero-order valence-corrected chi connectivity index (χ0v) is 11.6. The fourth-order valence-electron chi connectivity index (χ4n) is 1.48. The highest BCUT2D eigenvalue weighted by Crippen LogP contribution is 2.19. The predicted molar refractivity (Wildman–Crippen MR) is 77.2 cm³/mol. The topological polar surface area (TPSA) is 80.4 Å². The van der Waals surface area contributed by atoms with Gasteiger partial charge in [-0.05, 0) is 24.6 Å². The van der Waals surface area contributed by atoms with Crippen LogP contribution in [0.3, 0.4) is 0 Å². The molecule has 0 atom stereocenters. The molecule has 1 rings (SSSR count). The quantitative estimate of drug-likeness (QED) is 0.503. The molecule has 0 aliphatic rings. The molecule has 0 saturated carbocycles. The van der Waals surface area contributed by atoms with Crippen LogP contribution in [-0.2, 0) is 4.79 Å². The van der Waals surface area contributed by atoms with Gasteiger partial charge in [0.25, 0.3) is 0 Å². The molecule has 0 heterocycles. The van der Waals surface area contributed by atoms with Crippen molar-refractivity contribution in [3.05, 3.63) is 28.8 Å². The van der Waals surface area contributed by atoms with Crippen molar-refractivity contribution >= 4 is 28.5 Å². The van der Waals surface area contributed by atoms with Crippen LogP contribution in [0.5, 0.6) is 0 Å². The van der Waals surface area contributed by atoms with Gasteiger partial charge in [0, 0.05) is 24.7 Å². The molecular formula is C14H15NO3S. The molecular weight excluding hydrogens is 262 g/mol. The molecule has 0 bridgehead atoms. The van der Waals surface area contributed by atoms with E-state index in [1.54, 1.807) is 13.0 Å². The highest BCUT2D eigenvalue weighted by molar-refractivity contribution is 8.13. The molecule has 3 N–H and O–H groups in total. The number of anilines is 1. The van der Waals surface area contributed by atoms with Gasteiger partial charge in [0.2, 0.25) is 0 Å². The van der Waals surface area contributed by atoms with E-state index in [1.807, 2.05) is 0 Å². The number of carbonyl (C=O) groups is 2. The average Bonchev–Trinajstić information content (AvgIpc) is 2.31. The maximum Gasteiger partial charge on any atom is 0.337 e. The Hall–Kier alpha value is -1.93. The van der Waals surface area contributed by atoms with E-state index in [0.717, 1.165) is 5.56 Å². The third-order valence-electron chi connectivity index (χ3n) is 2.31. The molecule has 4 nitrogen and oxygen atoms in total. The van der Waals surface area contributed by atoms with E-state index in [4.69, 9.17) is 10.8 Å². The molecule has 0 aliphatic heterocycles. The number of carbonyl (C=O) groups excluding carboxylic acids is 1.